The van der Waals surface area contributed by atoms with Crippen molar-refractivity contribution in [2.24, 2.45) is 5.10 Å². The molecule has 1 aliphatic rings. The largest absolute Gasteiger partial charge is 0.359 e. The van der Waals surface area contributed by atoms with Crippen LogP contribution in [0.2, 0.25) is 0 Å². The molecule has 0 aromatic heterocycles. The number of hydrogen-bond acceptors (Lipinski definition) is 2. The topological polar surface area (TPSA) is 29.7 Å². The predicted molar refractivity (Wildman–Crippen MR) is 60.4 cm³/mol. The molecule has 0 aliphatic carbocycles. The number of nitrogens with zero attached hydrogens (tertiary/aromatic N) is 3. The summed E-state index contributed by atoms with van der Waals surface area (Å²) in [6.07, 6.45) is 6.10. The summed E-state index contributed by atoms with van der Waals surface area (Å²) in [6, 6.07) is 0. The van der Waals surface area contributed by atoms with Gasteiger partial charge in [0, 0.05) is 19.5 Å². The molecule has 0 bridgehead atoms. The highest BCUT2D eigenvalue weighted by molar-refractivity contribution is 5.83. The molecule has 0 amide bonds. The van der Waals surface area contributed by atoms with Gasteiger partial charge >= 0.3 is 0 Å². The van der Waals surface area contributed by atoms with Gasteiger partial charge in [0.05, 0.1) is 6.54 Å². The van der Waals surface area contributed by atoms with E-state index in [1.807, 2.05) is 0 Å². The standard InChI is InChI=1S/C11H22N3/c1-3-5-9-14(10-6-4-2)11-7-8-12-13-11/h3-10H2,1-2H3. The first-order chi connectivity index (χ1) is 6.88. The van der Waals surface area contributed by atoms with Gasteiger partial charge in [-0.2, -0.15) is 5.43 Å². The molecule has 0 saturated carbocycles. The van der Waals surface area contributed by atoms with Gasteiger partial charge in [0.1, 0.15) is 5.84 Å². The van der Waals surface area contributed by atoms with Gasteiger partial charge in [-0.1, -0.05) is 26.7 Å². The lowest BCUT2D eigenvalue weighted by molar-refractivity contribution is 0.393. The Morgan fingerprint density at radius 2 is 1.79 bits per heavy atom. The SMILES string of the molecule is CCCCN(CCCC)C1=N[N]CC1. The molecule has 81 valence electrons. The van der Waals surface area contributed by atoms with Gasteiger partial charge in [0.25, 0.3) is 0 Å². The first-order valence-electron chi connectivity index (χ1n) is 5.86. The van der Waals surface area contributed by atoms with E-state index in [-0.39, 0.29) is 0 Å². The van der Waals surface area contributed by atoms with Gasteiger partial charge in [-0.25, -0.2) is 0 Å². The molecule has 1 rings (SSSR count). The van der Waals surface area contributed by atoms with E-state index in [0.29, 0.717) is 0 Å². The van der Waals surface area contributed by atoms with E-state index >= 15 is 0 Å². The van der Waals surface area contributed by atoms with E-state index in [2.05, 4.69) is 29.3 Å². The number of rotatable bonds is 6. The summed E-state index contributed by atoms with van der Waals surface area (Å²) in [7, 11) is 0. The van der Waals surface area contributed by atoms with Crippen LogP contribution in [0, 0.1) is 0 Å². The third-order valence-electron chi connectivity index (χ3n) is 2.55. The highest BCUT2D eigenvalue weighted by Crippen LogP contribution is 2.06. The fraction of sp³-hybridized carbons (Fsp3) is 0.909. The van der Waals surface area contributed by atoms with Crippen molar-refractivity contribution in [3.63, 3.8) is 0 Å². The van der Waals surface area contributed by atoms with Gasteiger partial charge in [-0.3, -0.25) is 0 Å². The van der Waals surface area contributed by atoms with Crippen molar-refractivity contribution < 1.29 is 0 Å². The van der Waals surface area contributed by atoms with Crippen LogP contribution in [-0.4, -0.2) is 30.4 Å². The maximum absolute atomic E-state index is 4.21. The average Bonchev–Trinajstić information content (AvgIpc) is 2.71. The van der Waals surface area contributed by atoms with Gasteiger partial charge in [-0.15, -0.1) is 5.10 Å². The second-order valence-corrected chi connectivity index (χ2v) is 3.83. The monoisotopic (exact) mass is 196 g/mol. The molecule has 1 heterocycles. The fourth-order valence-electron chi connectivity index (χ4n) is 1.62. The van der Waals surface area contributed by atoms with Gasteiger partial charge < -0.3 is 4.90 Å². The Hall–Kier alpha value is -0.730. The highest BCUT2D eigenvalue weighted by atomic mass is 15.4. The normalized spacial score (nSPS) is 15.1. The molecule has 0 aromatic carbocycles. The average molecular weight is 196 g/mol. The van der Waals surface area contributed by atoms with Crippen molar-refractivity contribution in [2.75, 3.05) is 19.6 Å². The number of unbranched alkanes of at least 4 members (excludes halogenated alkanes) is 2. The van der Waals surface area contributed by atoms with Crippen LogP contribution in [0.15, 0.2) is 5.10 Å². The second-order valence-electron chi connectivity index (χ2n) is 3.83. The summed E-state index contributed by atoms with van der Waals surface area (Å²) in [5.41, 5.74) is 4.05. The summed E-state index contributed by atoms with van der Waals surface area (Å²) in [5.74, 6) is 1.21. The summed E-state index contributed by atoms with van der Waals surface area (Å²) >= 11 is 0. The molecule has 0 saturated heterocycles. The molecule has 1 radical (unpaired) electrons. The van der Waals surface area contributed by atoms with E-state index < -0.39 is 0 Å². The third kappa shape index (κ3) is 3.56. The van der Waals surface area contributed by atoms with Crippen molar-refractivity contribution in [3.8, 4) is 0 Å². The van der Waals surface area contributed by atoms with E-state index in [9.17, 15) is 0 Å². The van der Waals surface area contributed by atoms with Crippen LogP contribution >= 0.6 is 0 Å². The minimum absolute atomic E-state index is 0.893. The third-order valence-corrected chi connectivity index (χ3v) is 2.55. The van der Waals surface area contributed by atoms with Gasteiger partial charge in [0.15, 0.2) is 0 Å². The first-order valence-corrected chi connectivity index (χ1v) is 5.86. The maximum Gasteiger partial charge on any atom is 0.129 e. The van der Waals surface area contributed by atoms with Gasteiger partial charge in [0.2, 0.25) is 0 Å². The van der Waals surface area contributed by atoms with Crippen LogP contribution in [0.25, 0.3) is 0 Å². The zero-order chi connectivity index (χ0) is 10.2. The Morgan fingerprint density at radius 1 is 1.14 bits per heavy atom. The van der Waals surface area contributed by atoms with Crippen molar-refractivity contribution in [2.45, 2.75) is 46.0 Å². The molecule has 0 atom stereocenters. The number of hydrogen-bond donors (Lipinski definition) is 0. The highest BCUT2D eigenvalue weighted by Gasteiger charge is 2.14. The molecule has 3 nitrogen and oxygen atoms in total. The Kier molecular flexibility index (Phi) is 5.42. The van der Waals surface area contributed by atoms with Crippen LogP contribution in [0.5, 0.6) is 0 Å². The van der Waals surface area contributed by atoms with Crippen LogP contribution in [-0.2, 0) is 0 Å². The van der Waals surface area contributed by atoms with Crippen molar-refractivity contribution in [3.05, 3.63) is 0 Å². The predicted octanol–water partition coefficient (Wildman–Crippen LogP) is 2.21. The second kappa shape index (κ2) is 6.68. The molecule has 0 unspecified atom stereocenters. The van der Waals surface area contributed by atoms with E-state index in [1.54, 1.807) is 0 Å². The lowest BCUT2D eigenvalue weighted by Crippen LogP contribution is -2.31. The van der Waals surface area contributed by atoms with Crippen molar-refractivity contribution in [1.82, 2.24) is 10.3 Å². The Bertz CT molecular complexity index is 169. The Balaban J connectivity index is 2.34. The summed E-state index contributed by atoms with van der Waals surface area (Å²) in [6.45, 7) is 7.68. The van der Waals surface area contributed by atoms with Crippen LogP contribution in [0.3, 0.4) is 0 Å². The van der Waals surface area contributed by atoms with E-state index in [0.717, 1.165) is 26.1 Å². The molecule has 1 aliphatic heterocycles. The van der Waals surface area contributed by atoms with Crippen LogP contribution < -0.4 is 5.43 Å². The molecular weight excluding hydrogens is 174 g/mol. The smallest absolute Gasteiger partial charge is 0.129 e. The lowest BCUT2D eigenvalue weighted by atomic mass is 10.2. The minimum Gasteiger partial charge on any atom is -0.359 e. The molecule has 0 aromatic rings. The number of amidine groups is 1. The van der Waals surface area contributed by atoms with E-state index in [1.165, 1.54) is 31.5 Å². The summed E-state index contributed by atoms with van der Waals surface area (Å²) in [4.78, 5) is 2.42. The molecule has 3 heteroatoms. The van der Waals surface area contributed by atoms with E-state index in [4.69, 9.17) is 0 Å². The van der Waals surface area contributed by atoms with Crippen molar-refractivity contribution in [1.29, 1.82) is 0 Å². The van der Waals surface area contributed by atoms with Crippen LogP contribution in [0.4, 0.5) is 0 Å². The van der Waals surface area contributed by atoms with Gasteiger partial charge in [-0.05, 0) is 12.8 Å². The fourth-order valence-corrected chi connectivity index (χ4v) is 1.62. The van der Waals surface area contributed by atoms with Crippen LogP contribution in [0.1, 0.15) is 46.0 Å². The minimum atomic E-state index is 0.893. The maximum atomic E-state index is 4.21. The van der Waals surface area contributed by atoms with Crippen molar-refractivity contribution >= 4 is 5.84 Å². The summed E-state index contributed by atoms with van der Waals surface area (Å²) in [5, 5.41) is 4.21. The summed E-state index contributed by atoms with van der Waals surface area (Å²) < 4.78 is 0. The first kappa shape index (κ1) is 11.3. The quantitative estimate of drug-likeness (QED) is 0.640. The zero-order valence-corrected chi connectivity index (χ0v) is 9.50. The molecule has 14 heavy (non-hydrogen) atoms. The Morgan fingerprint density at radius 3 is 2.21 bits per heavy atom. The lowest BCUT2D eigenvalue weighted by Gasteiger charge is -2.23. The zero-order valence-electron chi connectivity index (χ0n) is 9.50. The molecular formula is C11H22N3. The molecule has 0 fully saturated rings. The molecule has 0 spiro atoms. The molecule has 0 N–H and O–H groups in total. The Labute approximate surface area is 87.6 Å².